The quantitative estimate of drug-likeness (QED) is 0.399. The summed E-state index contributed by atoms with van der Waals surface area (Å²) in [6, 6.07) is 21.6. The third-order valence-corrected chi connectivity index (χ3v) is 11.2. The molecule has 0 bridgehead atoms. The molecule has 1 saturated carbocycles. The Balaban J connectivity index is 2.19. The maximum Gasteiger partial charge on any atom is 0.261 e. The first-order valence-electron chi connectivity index (χ1n) is 10.2. The van der Waals surface area contributed by atoms with Crippen LogP contribution in [-0.2, 0) is 4.43 Å². The number of hydrogen-bond acceptors (Lipinski definition) is 1. The lowest BCUT2D eigenvalue weighted by Gasteiger charge is -2.48. The van der Waals surface area contributed by atoms with E-state index >= 15 is 0 Å². The van der Waals surface area contributed by atoms with Crippen molar-refractivity contribution in [3.05, 3.63) is 72.8 Å². The van der Waals surface area contributed by atoms with Crippen LogP contribution in [-0.4, -0.2) is 14.4 Å². The van der Waals surface area contributed by atoms with E-state index in [9.17, 15) is 0 Å². The summed E-state index contributed by atoms with van der Waals surface area (Å²) in [4.78, 5) is 0. The second-order valence-corrected chi connectivity index (χ2v) is 13.3. The van der Waals surface area contributed by atoms with Crippen molar-refractivity contribution in [3.63, 3.8) is 0 Å². The SMILES string of the molecule is C#CC1CCC(=C)[C@@H](O[Si](c2ccccc2)(c2ccccc2)C(C)(C)C)C1C. The van der Waals surface area contributed by atoms with Crippen LogP contribution < -0.4 is 10.4 Å². The van der Waals surface area contributed by atoms with Gasteiger partial charge in [0.05, 0.1) is 6.10 Å². The van der Waals surface area contributed by atoms with Crippen molar-refractivity contribution in [1.82, 2.24) is 0 Å². The Morgan fingerprint density at radius 2 is 1.50 bits per heavy atom. The van der Waals surface area contributed by atoms with Crippen LogP contribution in [0.5, 0.6) is 0 Å². The fourth-order valence-corrected chi connectivity index (χ4v) is 9.41. The Kier molecular flexibility index (Phi) is 5.98. The summed E-state index contributed by atoms with van der Waals surface area (Å²) in [6.07, 6.45) is 7.79. The molecule has 2 unspecified atom stereocenters. The van der Waals surface area contributed by atoms with Gasteiger partial charge in [-0.15, -0.1) is 12.3 Å². The Morgan fingerprint density at radius 3 is 1.93 bits per heavy atom. The van der Waals surface area contributed by atoms with E-state index in [0.29, 0.717) is 0 Å². The molecule has 1 fully saturated rings. The van der Waals surface area contributed by atoms with Gasteiger partial charge < -0.3 is 4.43 Å². The van der Waals surface area contributed by atoms with Crippen LogP contribution >= 0.6 is 0 Å². The molecule has 0 saturated heterocycles. The van der Waals surface area contributed by atoms with Crippen LogP contribution in [0.15, 0.2) is 72.8 Å². The molecule has 0 aromatic heterocycles. The minimum atomic E-state index is -2.59. The molecule has 0 heterocycles. The van der Waals surface area contributed by atoms with Crippen molar-refractivity contribution >= 4 is 18.7 Å². The molecule has 0 aliphatic heterocycles. The van der Waals surface area contributed by atoms with Crippen molar-refractivity contribution in [3.8, 4) is 12.3 Å². The van der Waals surface area contributed by atoms with Crippen molar-refractivity contribution in [2.24, 2.45) is 11.8 Å². The van der Waals surface area contributed by atoms with E-state index in [2.05, 4.69) is 101 Å². The predicted molar refractivity (Wildman–Crippen MR) is 122 cm³/mol. The summed E-state index contributed by atoms with van der Waals surface area (Å²) in [6.45, 7) is 13.6. The van der Waals surface area contributed by atoms with E-state index in [4.69, 9.17) is 10.8 Å². The summed E-state index contributed by atoms with van der Waals surface area (Å²) in [7, 11) is -2.59. The highest BCUT2D eigenvalue weighted by Crippen LogP contribution is 2.42. The lowest BCUT2D eigenvalue weighted by atomic mass is 9.77. The second-order valence-electron chi connectivity index (χ2n) is 9.03. The van der Waals surface area contributed by atoms with Gasteiger partial charge in [-0.05, 0) is 39.7 Å². The van der Waals surface area contributed by atoms with Gasteiger partial charge in [-0.25, -0.2) is 0 Å². The lowest BCUT2D eigenvalue weighted by molar-refractivity contribution is 0.117. The number of benzene rings is 2. The van der Waals surface area contributed by atoms with Crippen molar-refractivity contribution in [1.29, 1.82) is 0 Å². The maximum absolute atomic E-state index is 7.32. The Hall–Kier alpha value is -2.08. The van der Waals surface area contributed by atoms with E-state index < -0.39 is 8.32 Å². The summed E-state index contributed by atoms with van der Waals surface area (Å²) < 4.78 is 7.32. The number of hydrogen-bond donors (Lipinski definition) is 0. The first kappa shape index (κ1) is 20.6. The van der Waals surface area contributed by atoms with Gasteiger partial charge in [0, 0.05) is 5.92 Å². The van der Waals surface area contributed by atoms with Crippen LogP contribution in [0.4, 0.5) is 0 Å². The van der Waals surface area contributed by atoms with Gasteiger partial charge in [-0.1, -0.05) is 94.9 Å². The molecule has 0 amide bonds. The molecule has 28 heavy (non-hydrogen) atoms. The molecule has 2 aromatic carbocycles. The predicted octanol–water partition coefficient (Wildman–Crippen LogP) is 5.17. The molecular formula is C26H32OSi. The highest BCUT2D eigenvalue weighted by molar-refractivity contribution is 6.99. The largest absolute Gasteiger partial charge is 0.401 e. The molecule has 0 N–H and O–H groups in total. The van der Waals surface area contributed by atoms with Crippen LogP contribution in [0.3, 0.4) is 0 Å². The van der Waals surface area contributed by atoms with E-state index in [1.807, 2.05) is 0 Å². The highest BCUT2D eigenvalue weighted by Gasteiger charge is 2.52. The first-order chi connectivity index (χ1) is 13.3. The average molecular weight is 389 g/mol. The van der Waals surface area contributed by atoms with E-state index in [1.165, 1.54) is 15.9 Å². The van der Waals surface area contributed by atoms with Gasteiger partial charge >= 0.3 is 0 Å². The van der Waals surface area contributed by atoms with Gasteiger partial charge in [-0.2, -0.15) is 0 Å². The smallest absolute Gasteiger partial charge is 0.261 e. The van der Waals surface area contributed by atoms with Gasteiger partial charge in [0.15, 0.2) is 0 Å². The van der Waals surface area contributed by atoms with E-state index in [-0.39, 0.29) is 23.0 Å². The molecule has 0 spiro atoms. The molecule has 2 heteroatoms. The fourth-order valence-electron chi connectivity index (χ4n) is 4.64. The molecule has 146 valence electrons. The summed E-state index contributed by atoms with van der Waals surface area (Å²) in [5.74, 6) is 3.52. The minimum Gasteiger partial charge on any atom is -0.401 e. The molecule has 1 aliphatic carbocycles. The summed E-state index contributed by atoms with van der Waals surface area (Å²) >= 11 is 0. The molecule has 3 rings (SSSR count). The van der Waals surface area contributed by atoms with Gasteiger partial charge in [0.2, 0.25) is 0 Å². The molecule has 2 aromatic rings. The van der Waals surface area contributed by atoms with Crippen LogP contribution in [0, 0.1) is 24.2 Å². The van der Waals surface area contributed by atoms with Gasteiger partial charge in [0.1, 0.15) is 0 Å². The Bertz CT molecular complexity index is 802. The van der Waals surface area contributed by atoms with Gasteiger partial charge in [0.25, 0.3) is 8.32 Å². The fraction of sp³-hybridized carbons (Fsp3) is 0.385. The zero-order chi connectivity index (χ0) is 20.4. The summed E-state index contributed by atoms with van der Waals surface area (Å²) in [5, 5.41) is 2.56. The highest BCUT2D eigenvalue weighted by atomic mass is 28.4. The molecule has 1 aliphatic rings. The van der Waals surface area contributed by atoms with Crippen molar-refractivity contribution in [2.75, 3.05) is 0 Å². The molecular weight excluding hydrogens is 356 g/mol. The Labute approximate surface area is 172 Å². The van der Waals surface area contributed by atoms with Crippen LogP contribution in [0.25, 0.3) is 0 Å². The minimum absolute atomic E-state index is 0.0129. The van der Waals surface area contributed by atoms with Gasteiger partial charge in [-0.3, -0.25) is 0 Å². The summed E-state index contributed by atoms with van der Waals surface area (Å²) in [5.41, 5.74) is 1.19. The normalized spacial score (nSPS) is 23.2. The average Bonchev–Trinajstić information content (AvgIpc) is 2.69. The first-order valence-corrected chi connectivity index (χ1v) is 12.1. The van der Waals surface area contributed by atoms with Crippen LogP contribution in [0.1, 0.15) is 40.5 Å². The zero-order valence-electron chi connectivity index (χ0n) is 17.6. The van der Waals surface area contributed by atoms with Crippen LogP contribution in [0.2, 0.25) is 5.04 Å². The standard InChI is InChI=1S/C26H32OSi/c1-7-22-19-18-20(2)25(21(22)3)27-28(26(4,5)6,23-14-10-8-11-15-23)24-16-12-9-13-17-24/h1,8-17,21-22,25H,2,18-19H2,3-6H3/t21?,22?,25-/m1/s1. The third-order valence-electron chi connectivity index (χ3n) is 6.23. The van der Waals surface area contributed by atoms with Crippen molar-refractivity contribution in [2.45, 2.75) is 51.7 Å². The molecule has 0 radical (unpaired) electrons. The Morgan fingerprint density at radius 1 is 1.00 bits per heavy atom. The van der Waals surface area contributed by atoms with E-state index in [1.54, 1.807) is 0 Å². The molecule has 3 atom stereocenters. The molecule has 1 nitrogen and oxygen atoms in total. The zero-order valence-corrected chi connectivity index (χ0v) is 18.6. The second kappa shape index (κ2) is 8.11. The topological polar surface area (TPSA) is 9.23 Å². The van der Waals surface area contributed by atoms with Crippen molar-refractivity contribution < 1.29 is 4.43 Å². The number of terminal acetylenes is 1. The van der Waals surface area contributed by atoms with E-state index in [0.717, 1.165) is 12.8 Å². The third kappa shape index (κ3) is 3.62. The maximum atomic E-state index is 7.32. The monoisotopic (exact) mass is 388 g/mol. The number of rotatable bonds is 4. The lowest BCUT2D eigenvalue weighted by Crippen LogP contribution is -2.68.